The molecule has 1 unspecified atom stereocenters. The van der Waals surface area contributed by atoms with E-state index in [1.807, 2.05) is 0 Å². The molecule has 5 fully saturated rings. The highest BCUT2D eigenvalue weighted by molar-refractivity contribution is 5.79. The highest BCUT2D eigenvalue weighted by Crippen LogP contribution is 2.70. The molecule has 0 bridgehead atoms. The summed E-state index contributed by atoms with van der Waals surface area (Å²) in [5.74, 6) is 1.42. The van der Waals surface area contributed by atoms with Crippen molar-refractivity contribution >= 4 is 11.8 Å². The Hall–Kier alpha value is -0.940. The monoisotopic (exact) mass is 390 g/mol. The van der Waals surface area contributed by atoms with Gasteiger partial charge in [-0.15, -0.1) is 0 Å². The molecule has 1 saturated heterocycles. The summed E-state index contributed by atoms with van der Waals surface area (Å²) >= 11 is 0. The first-order valence-electron chi connectivity index (χ1n) is 11.3. The topological polar surface area (TPSA) is 72.8 Å². The molecule has 1 heterocycles. The Balaban J connectivity index is 1.39. The Labute approximate surface area is 167 Å². The lowest BCUT2D eigenvalue weighted by Crippen LogP contribution is -2.55. The number of Topliss-reactive ketones (excluding diaryl/α,β-unsaturated/α-hetero) is 1. The van der Waals surface area contributed by atoms with E-state index in [-0.39, 0.29) is 23.9 Å². The molecule has 1 aliphatic heterocycles. The number of carbonyl (C=O) groups excluding carboxylic acids is 2. The van der Waals surface area contributed by atoms with E-state index in [2.05, 4.69) is 6.92 Å². The van der Waals surface area contributed by atoms with E-state index in [9.17, 15) is 14.7 Å². The second-order valence-corrected chi connectivity index (χ2v) is 10.7. The van der Waals surface area contributed by atoms with Gasteiger partial charge in [-0.1, -0.05) is 6.92 Å². The summed E-state index contributed by atoms with van der Waals surface area (Å²) in [5.41, 5.74) is 0.355. The van der Waals surface area contributed by atoms with Crippen LogP contribution in [0.25, 0.3) is 0 Å². The molecule has 0 aromatic rings. The van der Waals surface area contributed by atoms with Crippen LogP contribution in [0.15, 0.2) is 0 Å². The van der Waals surface area contributed by atoms with Gasteiger partial charge in [0.1, 0.15) is 12.4 Å². The average Bonchev–Trinajstić information content (AvgIpc) is 3.17. The number of ketones is 1. The van der Waals surface area contributed by atoms with Crippen molar-refractivity contribution in [3.05, 3.63) is 0 Å². The molecule has 5 nitrogen and oxygen atoms in total. The molecular weight excluding hydrogens is 356 g/mol. The van der Waals surface area contributed by atoms with Gasteiger partial charge in [0, 0.05) is 31.1 Å². The van der Waals surface area contributed by atoms with E-state index in [1.165, 1.54) is 26.2 Å². The molecule has 0 radical (unpaired) electrons. The van der Waals surface area contributed by atoms with Crippen molar-refractivity contribution < 1.29 is 24.2 Å². The quantitative estimate of drug-likeness (QED) is 0.731. The Morgan fingerprint density at radius 1 is 1.18 bits per heavy atom. The fourth-order valence-electron chi connectivity index (χ4n) is 8.52. The first-order valence-corrected chi connectivity index (χ1v) is 11.3. The predicted octanol–water partition coefficient (Wildman–Crippen LogP) is 3.48. The lowest BCUT2D eigenvalue weighted by molar-refractivity contribution is -0.225. The van der Waals surface area contributed by atoms with Crippen LogP contribution >= 0.6 is 0 Å². The fraction of sp³-hybridized carbons (Fsp3) is 0.913. The highest BCUT2D eigenvalue weighted by Gasteiger charge is 2.68. The van der Waals surface area contributed by atoms with Crippen LogP contribution in [0.4, 0.5) is 0 Å². The van der Waals surface area contributed by atoms with Crippen LogP contribution in [0.5, 0.6) is 0 Å². The van der Waals surface area contributed by atoms with Crippen molar-refractivity contribution in [1.82, 2.24) is 0 Å². The maximum absolute atomic E-state index is 12.1. The van der Waals surface area contributed by atoms with Gasteiger partial charge in [0.15, 0.2) is 0 Å². The van der Waals surface area contributed by atoms with Gasteiger partial charge in [0.05, 0.1) is 6.61 Å². The lowest BCUT2D eigenvalue weighted by Gasteiger charge is -2.60. The van der Waals surface area contributed by atoms with Crippen molar-refractivity contribution in [1.29, 1.82) is 0 Å². The molecule has 4 saturated carbocycles. The van der Waals surface area contributed by atoms with Crippen molar-refractivity contribution in [2.45, 2.75) is 77.4 Å². The summed E-state index contributed by atoms with van der Waals surface area (Å²) in [6.45, 7) is 4.40. The summed E-state index contributed by atoms with van der Waals surface area (Å²) in [5, 5.41) is 11.2. The Morgan fingerprint density at radius 3 is 2.79 bits per heavy atom. The molecule has 1 spiro atoms. The molecular formula is C23H34O5. The number of hydrogen-bond donors (Lipinski definition) is 1. The summed E-state index contributed by atoms with van der Waals surface area (Å²) in [7, 11) is 0. The van der Waals surface area contributed by atoms with Gasteiger partial charge < -0.3 is 14.6 Å². The smallest absolute Gasteiger partial charge is 0.302 e. The number of hydrogen-bond acceptors (Lipinski definition) is 5. The first-order chi connectivity index (χ1) is 13.3. The number of rotatable bonds is 2. The highest BCUT2D eigenvalue weighted by atomic mass is 16.7. The van der Waals surface area contributed by atoms with Gasteiger partial charge in [0.2, 0.25) is 5.79 Å². The molecule has 4 aliphatic carbocycles. The van der Waals surface area contributed by atoms with Crippen LogP contribution in [0.1, 0.15) is 71.6 Å². The van der Waals surface area contributed by atoms with Crippen LogP contribution in [0.2, 0.25) is 0 Å². The van der Waals surface area contributed by atoms with Crippen LogP contribution in [0.3, 0.4) is 0 Å². The Morgan fingerprint density at radius 2 is 2.00 bits per heavy atom. The molecule has 1 N–H and O–H groups in total. The van der Waals surface area contributed by atoms with Crippen molar-refractivity contribution in [2.24, 2.45) is 40.4 Å². The minimum absolute atomic E-state index is 0.0442. The standard InChI is InChI=1S/C23H34O5/c1-14(24)27-13-23(26)20-6-5-19-17-4-3-15-11-16(25)7-9-21(15,2)18(17)8-10-22(19,20)12-28-23/h15,17-20,26H,3-13H2,1-2H3/t15-,17+,18-,19-,20-,21-,22+,23?/m0/s1. The lowest BCUT2D eigenvalue weighted by atomic mass is 9.44. The number of carbonyl (C=O) groups is 2. The van der Waals surface area contributed by atoms with E-state index in [0.717, 1.165) is 38.5 Å². The van der Waals surface area contributed by atoms with Crippen molar-refractivity contribution in [3.8, 4) is 0 Å². The van der Waals surface area contributed by atoms with Gasteiger partial charge in [0.25, 0.3) is 0 Å². The average molecular weight is 391 g/mol. The second kappa shape index (κ2) is 6.28. The molecule has 156 valence electrons. The minimum Gasteiger partial charge on any atom is -0.460 e. The van der Waals surface area contributed by atoms with Crippen LogP contribution in [-0.4, -0.2) is 35.9 Å². The van der Waals surface area contributed by atoms with Crippen LogP contribution in [-0.2, 0) is 19.1 Å². The first kappa shape index (κ1) is 19.0. The van der Waals surface area contributed by atoms with E-state index in [4.69, 9.17) is 9.47 Å². The summed E-state index contributed by atoms with van der Waals surface area (Å²) in [6, 6.07) is 0. The Kier molecular flexibility index (Phi) is 4.27. The fourth-order valence-corrected chi connectivity index (χ4v) is 8.52. The van der Waals surface area contributed by atoms with Gasteiger partial charge >= 0.3 is 5.97 Å². The third kappa shape index (κ3) is 2.51. The number of esters is 1. The van der Waals surface area contributed by atoms with Gasteiger partial charge in [-0.2, -0.15) is 0 Å². The summed E-state index contributed by atoms with van der Waals surface area (Å²) < 4.78 is 11.1. The zero-order valence-corrected chi connectivity index (χ0v) is 17.2. The molecule has 8 atom stereocenters. The van der Waals surface area contributed by atoms with E-state index < -0.39 is 5.79 Å². The third-order valence-corrected chi connectivity index (χ3v) is 9.82. The molecule has 28 heavy (non-hydrogen) atoms. The molecule has 5 rings (SSSR count). The maximum Gasteiger partial charge on any atom is 0.302 e. The maximum atomic E-state index is 12.1. The van der Waals surface area contributed by atoms with Gasteiger partial charge in [-0.3, -0.25) is 9.59 Å². The van der Waals surface area contributed by atoms with E-state index in [1.54, 1.807) is 0 Å². The van der Waals surface area contributed by atoms with Gasteiger partial charge in [-0.05, 0) is 74.0 Å². The largest absolute Gasteiger partial charge is 0.460 e. The van der Waals surface area contributed by atoms with E-state index >= 15 is 0 Å². The van der Waals surface area contributed by atoms with Crippen molar-refractivity contribution in [3.63, 3.8) is 0 Å². The predicted molar refractivity (Wildman–Crippen MR) is 102 cm³/mol. The SMILES string of the molecule is CC(=O)OCC1(O)OC[C@]23CC[C@H]4[C@@H](CC[C@H]5CC(=O)CC[C@@]54C)[C@@H]2CC[C@H]13. The van der Waals surface area contributed by atoms with E-state index in [0.29, 0.717) is 41.5 Å². The number of aliphatic hydroxyl groups is 1. The van der Waals surface area contributed by atoms with Crippen LogP contribution in [0, 0.1) is 40.4 Å². The van der Waals surface area contributed by atoms with Crippen molar-refractivity contribution in [2.75, 3.05) is 13.2 Å². The Bertz CT molecular complexity index is 690. The summed E-state index contributed by atoms with van der Waals surface area (Å²) in [6.07, 6.45) is 9.42. The molecule has 5 aliphatic rings. The number of fused-ring (bicyclic) bond motifs is 4. The zero-order chi connectivity index (χ0) is 19.7. The molecule has 5 heteroatoms. The third-order valence-electron chi connectivity index (χ3n) is 9.82. The molecule has 0 aromatic carbocycles. The second-order valence-electron chi connectivity index (χ2n) is 10.7. The minimum atomic E-state index is -1.31. The normalized spacial score (nSPS) is 52.4. The molecule has 0 aromatic heterocycles. The van der Waals surface area contributed by atoms with Gasteiger partial charge in [-0.25, -0.2) is 0 Å². The van der Waals surface area contributed by atoms with Crippen LogP contribution < -0.4 is 0 Å². The summed E-state index contributed by atoms with van der Waals surface area (Å²) in [4.78, 5) is 23.3. The molecule has 0 amide bonds. The number of ether oxygens (including phenoxy) is 2. The zero-order valence-electron chi connectivity index (χ0n) is 17.2.